The summed E-state index contributed by atoms with van der Waals surface area (Å²) in [7, 11) is 1.70. The number of rotatable bonds is 5. The predicted molar refractivity (Wildman–Crippen MR) is 82.9 cm³/mol. The van der Waals surface area contributed by atoms with Gasteiger partial charge >= 0.3 is 0 Å². The lowest BCUT2D eigenvalue weighted by Gasteiger charge is -2.37. The highest BCUT2D eigenvalue weighted by Crippen LogP contribution is 2.39. The Balaban J connectivity index is 1.57. The molecule has 1 fully saturated rings. The van der Waals surface area contributed by atoms with Gasteiger partial charge in [0, 0.05) is 18.8 Å². The summed E-state index contributed by atoms with van der Waals surface area (Å²) in [5.74, 6) is 0.258. The van der Waals surface area contributed by atoms with Gasteiger partial charge in [0.25, 0.3) is 0 Å². The second-order valence-corrected chi connectivity index (χ2v) is 5.66. The van der Waals surface area contributed by atoms with Crippen LogP contribution < -0.4 is 5.32 Å². The molecule has 1 N–H and O–H groups in total. The van der Waals surface area contributed by atoms with Gasteiger partial charge < -0.3 is 10.1 Å². The molecular formula is C18H20FNO. The van der Waals surface area contributed by atoms with Crippen molar-refractivity contribution in [1.82, 2.24) is 0 Å². The first-order chi connectivity index (χ1) is 10.3. The van der Waals surface area contributed by atoms with E-state index in [4.69, 9.17) is 4.74 Å². The van der Waals surface area contributed by atoms with Crippen LogP contribution in [0.25, 0.3) is 0 Å². The number of halogens is 1. The number of anilines is 1. The molecule has 0 heterocycles. The Morgan fingerprint density at radius 3 is 2.71 bits per heavy atom. The maximum atomic E-state index is 13.7. The van der Waals surface area contributed by atoms with Crippen molar-refractivity contribution in [2.45, 2.75) is 31.4 Å². The van der Waals surface area contributed by atoms with E-state index in [1.165, 1.54) is 0 Å². The molecule has 1 saturated carbocycles. The van der Waals surface area contributed by atoms with Crippen LogP contribution in [0.4, 0.5) is 10.1 Å². The molecule has 21 heavy (non-hydrogen) atoms. The number of methoxy groups -OCH3 is 1. The Morgan fingerprint density at radius 2 is 1.95 bits per heavy atom. The van der Waals surface area contributed by atoms with Crippen LogP contribution >= 0.6 is 0 Å². The number of benzene rings is 2. The predicted octanol–water partition coefficient (Wildman–Crippen LogP) is 4.33. The van der Waals surface area contributed by atoms with Gasteiger partial charge in [0.2, 0.25) is 0 Å². The van der Waals surface area contributed by atoms with Gasteiger partial charge in [0.1, 0.15) is 5.82 Å². The zero-order chi connectivity index (χ0) is 14.7. The van der Waals surface area contributed by atoms with Crippen molar-refractivity contribution in [2.75, 3.05) is 12.4 Å². The highest BCUT2D eigenvalue weighted by Gasteiger charge is 2.31. The number of nitrogens with one attached hydrogen (secondary N) is 1. The number of ether oxygens (including phenoxy) is 1. The first-order valence-corrected chi connectivity index (χ1v) is 7.35. The third-order valence-corrected chi connectivity index (χ3v) is 4.09. The zero-order valence-electron chi connectivity index (χ0n) is 12.2. The molecule has 0 radical (unpaired) electrons. The topological polar surface area (TPSA) is 21.3 Å². The van der Waals surface area contributed by atoms with Gasteiger partial charge in [0.15, 0.2) is 0 Å². The second kappa shape index (κ2) is 6.27. The van der Waals surface area contributed by atoms with Crippen LogP contribution in [-0.4, -0.2) is 13.2 Å². The van der Waals surface area contributed by atoms with E-state index in [0.29, 0.717) is 18.6 Å². The Morgan fingerprint density at radius 1 is 1.14 bits per heavy atom. The van der Waals surface area contributed by atoms with Crippen molar-refractivity contribution in [3.05, 3.63) is 65.5 Å². The summed E-state index contributed by atoms with van der Waals surface area (Å²) in [6.45, 7) is 0.623. The minimum atomic E-state index is -0.0805. The lowest BCUT2D eigenvalue weighted by molar-refractivity contribution is 0.185. The maximum Gasteiger partial charge on any atom is 0.126 e. The first-order valence-electron chi connectivity index (χ1n) is 7.35. The third-order valence-electron chi connectivity index (χ3n) is 4.09. The highest BCUT2D eigenvalue weighted by molar-refractivity contribution is 5.47. The van der Waals surface area contributed by atoms with Crippen LogP contribution in [0.3, 0.4) is 0 Å². The van der Waals surface area contributed by atoms with Crippen molar-refractivity contribution < 1.29 is 9.13 Å². The van der Waals surface area contributed by atoms with Crippen LogP contribution in [0.1, 0.15) is 29.9 Å². The average Bonchev–Trinajstić information content (AvgIpc) is 2.44. The van der Waals surface area contributed by atoms with Crippen LogP contribution in [0.5, 0.6) is 0 Å². The van der Waals surface area contributed by atoms with Gasteiger partial charge in [-0.25, -0.2) is 4.39 Å². The number of hydrogen-bond donors (Lipinski definition) is 1. The number of hydrogen-bond acceptors (Lipinski definition) is 2. The van der Waals surface area contributed by atoms with E-state index in [1.54, 1.807) is 19.2 Å². The van der Waals surface area contributed by atoms with Gasteiger partial charge in [-0.2, -0.15) is 0 Å². The molecule has 0 saturated heterocycles. The van der Waals surface area contributed by atoms with Crippen LogP contribution in [0.15, 0.2) is 48.5 Å². The van der Waals surface area contributed by atoms with E-state index in [1.807, 2.05) is 18.2 Å². The molecule has 0 unspecified atom stereocenters. The van der Waals surface area contributed by atoms with E-state index in [0.717, 1.165) is 29.7 Å². The fourth-order valence-corrected chi connectivity index (χ4v) is 2.95. The summed E-state index contributed by atoms with van der Waals surface area (Å²) in [6.07, 6.45) is 1.96. The van der Waals surface area contributed by atoms with Crippen LogP contribution in [0.2, 0.25) is 0 Å². The quantitative estimate of drug-likeness (QED) is 0.883. The first kappa shape index (κ1) is 14.1. The smallest absolute Gasteiger partial charge is 0.126 e. The van der Waals surface area contributed by atoms with E-state index < -0.39 is 0 Å². The average molecular weight is 285 g/mol. The van der Waals surface area contributed by atoms with E-state index in [-0.39, 0.29) is 5.82 Å². The molecule has 0 aliphatic heterocycles. The monoisotopic (exact) mass is 285 g/mol. The molecule has 110 valence electrons. The summed E-state index contributed by atoms with van der Waals surface area (Å²) in [4.78, 5) is 0. The van der Waals surface area contributed by atoms with Crippen molar-refractivity contribution in [2.24, 2.45) is 0 Å². The standard InChI is InChI=1S/C18H20FNO/c1-21-12-13-5-4-6-15(9-13)20-16-10-14(11-16)17-7-2-3-8-18(17)19/h2-9,14,16,20H,10-12H2,1H3. The molecule has 3 heteroatoms. The van der Waals surface area contributed by atoms with Gasteiger partial charge in [-0.3, -0.25) is 0 Å². The van der Waals surface area contributed by atoms with Crippen molar-refractivity contribution >= 4 is 5.69 Å². The van der Waals surface area contributed by atoms with E-state index in [2.05, 4.69) is 23.5 Å². The van der Waals surface area contributed by atoms with E-state index in [9.17, 15) is 4.39 Å². The molecule has 2 aromatic rings. The summed E-state index contributed by atoms with van der Waals surface area (Å²) >= 11 is 0. The highest BCUT2D eigenvalue weighted by atomic mass is 19.1. The zero-order valence-corrected chi connectivity index (χ0v) is 12.2. The minimum Gasteiger partial charge on any atom is -0.382 e. The Bertz CT molecular complexity index is 608. The van der Waals surface area contributed by atoms with Gasteiger partial charge in [0.05, 0.1) is 6.61 Å². The maximum absolute atomic E-state index is 13.7. The van der Waals surface area contributed by atoms with Gasteiger partial charge in [-0.15, -0.1) is 0 Å². The summed E-state index contributed by atoms with van der Waals surface area (Å²) in [5.41, 5.74) is 3.12. The molecule has 1 aliphatic carbocycles. The Hall–Kier alpha value is -1.87. The SMILES string of the molecule is COCc1cccc(NC2CC(c3ccccc3F)C2)c1. The minimum absolute atomic E-state index is 0.0805. The van der Waals surface area contributed by atoms with Crippen molar-refractivity contribution in [3.63, 3.8) is 0 Å². The second-order valence-electron chi connectivity index (χ2n) is 5.66. The molecule has 0 spiro atoms. The van der Waals surface area contributed by atoms with Crippen molar-refractivity contribution in [1.29, 1.82) is 0 Å². The molecule has 2 nitrogen and oxygen atoms in total. The van der Waals surface area contributed by atoms with Gasteiger partial charge in [-0.1, -0.05) is 30.3 Å². The third kappa shape index (κ3) is 3.24. The normalized spacial score (nSPS) is 20.9. The molecule has 0 amide bonds. The Labute approximate surface area is 125 Å². The van der Waals surface area contributed by atoms with Crippen LogP contribution in [-0.2, 0) is 11.3 Å². The van der Waals surface area contributed by atoms with Crippen molar-refractivity contribution in [3.8, 4) is 0 Å². The van der Waals surface area contributed by atoms with Crippen LogP contribution in [0, 0.1) is 5.82 Å². The Kier molecular flexibility index (Phi) is 4.20. The lowest BCUT2D eigenvalue weighted by Crippen LogP contribution is -2.34. The molecule has 2 aromatic carbocycles. The van der Waals surface area contributed by atoms with Gasteiger partial charge in [-0.05, 0) is 48.1 Å². The fourth-order valence-electron chi connectivity index (χ4n) is 2.95. The lowest BCUT2D eigenvalue weighted by atomic mass is 9.75. The molecule has 3 rings (SSSR count). The fraction of sp³-hybridized carbons (Fsp3) is 0.333. The molecule has 1 aliphatic rings. The molecular weight excluding hydrogens is 265 g/mol. The summed E-state index contributed by atoms with van der Waals surface area (Å²) in [6, 6.07) is 15.8. The molecule has 0 aromatic heterocycles. The summed E-state index contributed by atoms with van der Waals surface area (Å²) in [5, 5.41) is 3.52. The largest absolute Gasteiger partial charge is 0.382 e. The molecule has 0 bridgehead atoms. The van der Waals surface area contributed by atoms with E-state index >= 15 is 0 Å². The summed E-state index contributed by atoms with van der Waals surface area (Å²) < 4.78 is 18.9. The molecule has 0 atom stereocenters.